The Morgan fingerprint density at radius 3 is 2.28 bits per heavy atom. The normalized spacial score (nSPS) is 15.3. The number of hydroxylamine groups is 1. The van der Waals surface area contributed by atoms with E-state index in [-0.39, 0.29) is 36.1 Å². The molecule has 0 aliphatic heterocycles. The molecule has 2 aromatic carbocycles. The second kappa shape index (κ2) is 14.5. The number of benzene rings is 2. The number of ether oxygens (including phenoxy) is 2. The summed E-state index contributed by atoms with van der Waals surface area (Å²) in [6, 6.07) is 10.9. The largest absolute Gasteiger partial charge is 0.623 e. The number of hydrogen-bond acceptors (Lipinski definition) is 8. The molecule has 0 heterocycles. The number of allylic oxidation sites excluding steroid dienone is 2. The van der Waals surface area contributed by atoms with Crippen LogP contribution in [0.15, 0.2) is 81.1 Å². The zero-order valence-corrected chi connectivity index (χ0v) is 24.9. The van der Waals surface area contributed by atoms with Crippen molar-refractivity contribution in [3.63, 3.8) is 0 Å². The molecule has 0 saturated heterocycles. The summed E-state index contributed by atoms with van der Waals surface area (Å²) < 4.78 is 50.4. The van der Waals surface area contributed by atoms with Gasteiger partial charge in [0.2, 0.25) is 5.71 Å². The van der Waals surface area contributed by atoms with Crippen LogP contribution in [0.1, 0.15) is 51.7 Å². The molecule has 0 fully saturated rings. The van der Waals surface area contributed by atoms with E-state index in [2.05, 4.69) is 10.3 Å². The number of nitrogens with zero attached hydrogens (tertiary/aromatic N) is 3. The molecule has 12 heteroatoms. The number of oxime groups is 2. The van der Waals surface area contributed by atoms with Crippen molar-refractivity contribution in [2.24, 2.45) is 10.3 Å². The third-order valence-corrected chi connectivity index (χ3v) is 6.77. The van der Waals surface area contributed by atoms with Gasteiger partial charge in [-0.25, -0.2) is 9.53 Å². The molecule has 3 rings (SSSR count). The van der Waals surface area contributed by atoms with Crippen LogP contribution in [0.4, 0.5) is 13.2 Å². The standard InChI is InChI=1S/C31H34F3N3O6/c1-7-37(39)29(22-11-13-25(14-12-22)43-26-10-8-9-24(17-26)31(32,33)34)21(4)35-42-18-23-15-19(2)20(3)16-27(23)28(36-41-6)30(38)40-5/h8-14,17H,7,15-16,18H2,1-6H3/b35-21+,36-28+,37-29+. The van der Waals surface area contributed by atoms with Crippen LogP contribution in [0.2, 0.25) is 0 Å². The minimum atomic E-state index is -4.49. The number of rotatable bonds is 11. The van der Waals surface area contributed by atoms with E-state index in [1.165, 1.54) is 26.4 Å². The van der Waals surface area contributed by atoms with Crippen LogP contribution >= 0.6 is 0 Å². The van der Waals surface area contributed by atoms with Crippen LogP contribution in [-0.2, 0) is 25.4 Å². The minimum Gasteiger partial charge on any atom is -0.623 e. The van der Waals surface area contributed by atoms with Crippen molar-refractivity contribution < 1.29 is 41.9 Å². The Hall–Kier alpha value is -4.61. The van der Waals surface area contributed by atoms with Gasteiger partial charge in [-0.1, -0.05) is 27.5 Å². The van der Waals surface area contributed by atoms with Crippen LogP contribution in [0, 0.1) is 5.21 Å². The number of hydrogen-bond donors (Lipinski definition) is 0. The van der Waals surface area contributed by atoms with E-state index in [9.17, 15) is 23.2 Å². The van der Waals surface area contributed by atoms with Gasteiger partial charge in [0.1, 0.15) is 30.9 Å². The third-order valence-electron chi connectivity index (χ3n) is 6.77. The molecule has 2 aromatic rings. The Kier molecular flexibility index (Phi) is 11.1. The predicted octanol–water partition coefficient (Wildman–Crippen LogP) is 6.81. The predicted molar refractivity (Wildman–Crippen MR) is 156 cm³/mol. The van der Waals surface area contributed by atoms with E-state index in [0.29, 0.717) is 29.7 Å². The number of carbonyl (C=O) groups is 1. The van der Waals surface area contributed by atoms with E-state index < -0.39 is 17.7 Å². The van der Waals surface area contributed by atoms with Gasteiger partial charge < -0.3 is 24.4 Å². The second-order valence-electron chi connectivity index (χ2n) is 9.76. The Morgan fingerprint density at radius 1 is 1.00 bits per heavy atom. The molecule has 43 heavy (non-hydrogen) atoms. The summed E-state index contributed by atoms with van der Waals surface area (Å²) in [6.45, 7) is 7.43. The van der Waals surface area contributed by atoms with Crippen LogP contribution < -0.4 is 4.74 Å². The van der Waals surface area contributed by atoms with Gasteiger partial charge in [0.05, 0.1) is 12.7 Å². The van der Waals surface area contributed by atoms with Gasteiger partial charge in [-0.05, 0) is 94.1 Å². The Balaban J connectivity index is 1.83. The van der Waals surface area contributed by atoms with Crippen molar-refractivity contribution in [2.45, 2.75) is 46.7 Å². The first kappa shape index (κ1) is 32.9. The average Bonchev–Trinajstić information content (AvgIpc) is 2.98. The van der Waals surface area contributed by atoms with E-state index in [1.54, 1.807) is 38.1 Å². The molecule has 1 aliphatic rings. The molecule has 9 nitrogen and oxygen atoms in total. The number of carbonyl (C=O) groups excluding carboxylic acids is 1. The monoisotopic (exact) mass is 601 g/mol. The van der Waals surface area contributed by atoms with Gasteiger partial charge in [-0.3, -0.25) is 0 Å². The van der Waals surface area contributed by atoms with E-state index in [1.807, 2.05) is 13.8 Å². The van der Waals surface area contributed by atoms with E-state index in [0.717, 1.165) is 33.6 Å². The summed E-state index contributed by atoms with van der Waals surface area (Å²) in [7, 11) is 2.60. The highest BCUT2D eigenvalue weighted by Gasteiger charge is 2.31. The molecule has 0 saturated carbocycles. The highest BCUT2D eigenvalue weighted by molar-refractivity contribution is 6.45. The first-order valence-corrected chi connectivity index (χ1v) is 13.4. The summed E-state index contributed by atoms with van der Waals surface area (Å²) >= 11 is 0. The lowest BCUT2D eigenvalue weighted by Gasteiger charge is -2.22. The second-order valence-corrected chi connectivity index (χ2v) is 9.76. The smallest absolute Gasteiger partial charge is 0.416 e. The van der Waals surface area contributed by atoms with Crippen LogP contribution in [0.5, 0.6) is 11.5 Å². The first-order chi connectivity index (χ1) is 20.4. The van der Waals surface area contributed by atoms with E-state index in [4.69, 9.17) is 19.1 Å². The molecule has 0 radical (unpaired) electrons. The van der Waals surface area contributed by atoms with Crippen LogP contribution in [0.25, 0.3) is 0 Å². The molecule has 230 valence electrons. The maximum Gasteiger partial charge on any atom is 0.416 e. The highest BCUT2D eigenvalue weighted by Crippen LogP contribution is 2.33. The first-order valence-electron chi connectivity index (χ1n) is 13.4. The van der Waals surface area contributed by atoms with Crippen molar-refractivity contribution in [1.82, 2.24) is 0 Å². The van der Waals surface area contributed by atoms with Crippen molar-refractivity contribution in [3.05, 3.63) is 87.2 Å². The van der Waals surface area contributed by atoms with Crippen LogP contribution in [-0.4, -0.2) is 55.2 Å². The zero-order chi connectivity index (χ0) is 31.7. The molecule has 1 aliphatic carbocycles. The summed E-state index contributed by atoms with van der Waals surface area (Å²) in [5.41, 5.74) is 3.89. The van der Waals surface area contributed by atoms with Gasteiger partial charge in [0.15, 0.2) is 12.3 Å². The number of halogens is 3. The fraction of sp³-hybridized carbons (Fsp3) is 0.355. The van der Waals surface area contributed by atoms with Crippen molar-refractivity contribution in [1.29, 1.82) is 0 Å². The van der Waals surface area contributed by atoms with Crippen molar-refractivity contribution in [2.75, 3.05) is 27.4 Å². The van der Waals surface area contributed by atoms with Gasteiger partial charge in [-0.15, -0.1) is 0 Å². The molecule has 0 spiro atoms. The van der Waals surface area contributed by atoms with Gasteiger partial charge in [-0.2, -0.15) is 13.2 Å². The Labute approximate surface area is 248 Å². The third kappa shape index (κ3) is 8.46. The summed E-state index contributed by atoms with van der Waals surface area (Å²) in [4.78, 5) is 23.0. The lowest BCUT2D eigenvalue weighted by molar-refractivity contribution is -0.451. The maximum absolute atomic E-state index is 13.0. The average molecular weight is 602 g/mol. The minimum absolute atomic E-state index is 0.0268. The molecule has 0 aromatic heterocycles. The number of methoxy groups -OCH3 is 1. The lowest BCUT2D eigenvalue weighted by Crippen LogP contribution is -2.25. The lowest BCUT2D eigenvalue weighted by atomic mass is 9.85. The summed E-state index contributed by atoms with van der Waals surface area (Å²) in [6.07, 6.45) is -3.50. The van der Waals surface area contributed by atoms with Gasteiger partial charge >= 0.3 is 12.1 Å². The van der Waals surface area contributed by atoms with Crippen molar-refractivity contribution in [3.8, 4) is 11.5 Å². The molecule has 0 bridgehead atoms. The van der Waals surface area contributed by atoms with Gasteiger partial charge in [0, 0.05) is 5.56 Å². The van der Waals surface area contributed by atoms with Crippen molar-refractivity contribution >= 4 is 23.1 Å². The fourth-order valence-electron chi connectivity index (χ4n) is 4.41. The molecule has 0 N–H and O–H groups in total. The Bertz CT molecular complexity index is 1490. The molecule has 0 atom stereocenters. The summed E-state index contributed by atoms with van der Waals surface area (Å²) in [5, 5.41) is 20.9. The molecule has 0 unspecified atom stereocenters. The highest BCUT2D eigenvalue weighted by atomic mass is 19.4. The topological polar surface area (TPSA) is 105 Å². The van der Waals surface area contributed by atoms with Crippen LogP contribution in [0.3, 0.4) is 0 Å². The fourth-order valence-corrected chi connectivity index (χ4v) is 4.41. The van der Waals surface area contributed by atoms with E-state index >= 15 is 0 Å². The molecular weight excluding hydrogens is 567 g/mol. The maximum atomic E-state index is 13.0. The number of esters is 1. The zero-order valence-electron chi connectivity index (χ0n) is 24.9. The Morgan fingerprint density at radius 2 is 1.67 bits per heavy atom. The number of alkyl halides is 3. The molecular formula is C31H34F3N3O6. The SMILES string of the molecule is CC/[N+]([O-])=C(/C(C)=N/OCC1=C(/C(=N\OC)C(=O)OC)CC(C)=C(C)C1)c1ccc(Oc2cccc(C(F)(F)F)c2)cc1. The quantitative estimate of drug-likeness (QED) is 0.0700. The molecule has 0 amide bonds. The van der Waals surface area contributed by atoms with Gasteiger partial charge in [0.25, 0.3) is 0 Å². The summed E-state index contributed by atoms with van der Waals surface area (Å²) in [5.74, 6) is -0.321.